The molecule has 0 N–H and O–H groups in total. The van der Waals surface area contributed by atoms with Gasteiger partial charge in [0.1, 0.15) is 11.5 Å². The quantitative estimate of drug-likeness (QED) is 0.181. The Kier molecular flexibility index (Phi) is 3.72. The fourth-order valence-corrected chi connectivity index (χ4v) is 5.91. The first-order chi connectivity index (χ1) is 17.4. The van der Waals surface area contributed by atoms with E-state index in [4.69, 9.17) is 4.74 Å². The van der Waals surface area contributed by atoms with Gasteiger partial charge in [-0.1, -0.05) is 103 Å². The molecular weight excluding hydrogens is 424 g/mol. The summed E-state index contributed by atoms with van der Waals surface area (Å²) in [5, 5.41) is 10.1. The van der Waals surface area contributed by atoms with Gasteiger partial charge in [0, 0.05) is 10.9 Å². The first-order valence-electron chi connectivity index (χ1n) is 12.0. The normalized spacial score (nSPS) is 12.2. The van der Waals surface area contributed by atoms with Crippen LogP contribution in [0.15, 0.2) is 121 Å². The molecule has 7 aromatic carbocycles. The van der Waals surface area contributed by atoms with E-state index >= 15 is 0 Å². The molecule has 0 aliphatic carbocycles. The summed E-state index contributed by atoms with van der Waals surface area (Å²) in [6.45, 7) is 0. The molecule has 0 unspecified atom stereocenters. The molecule has 0 aromatic heterocycles. The van der Waals surface area contributed by atoms with E-state index in [0.29, 0.717) is 0 Å². The molecule has 1 nitrogen and oxygen atoms in total. The molecule has 1 heterocycles. The lowest BCUT2D eigenvalue weighted by molar-refractivity contribution is 0.487. The second kappa shape index (κ2) is 6.94. The highest BCUT2D eigenvalue weighted by atomic mass is 16.5. The van der Waals surface area contributed by atoms with Crippen molar-refractivity contribution in [3.8, 4) is 33.8 Å². The number of rotatable bonds is 1. The third-order valence-corrected chi connectivity index (χ3v) is 7.44. The highest BCUT2D eigenvalue weighted by Crippen LogP contribution is 2.50. The lowest BCUT2D eigenvalue weighted by atomic mass is 9.85. The van der Waals surface area contributed by atoms with Gasteiger partial charge < -0.3 is 4.74 Å². The number of hydrogen-bond acceptors (Lipinski definition) is 1. The van der Waals surface area contributed by atoms with Gasteiger partial charge in [-0.3, -0.25) is 0 Å². The van der Waals surface area contributed by atoms with Gasteiger partial charge in [0.15, 0.2) is 0 Å². The molecule has 1 aliphatic heterocycles. The Labute approximate surface area is 202 Å². The van der Waals surface area contributed by atoms with Crippen molar-refractivity contribution in [1.82, 2.24) is 0 Å². The zero-order chi connectivity index (χ0) is 22.9. The highest BCUT2D eigenvalue weighted by molar-refractivity contribution is 6.23. The largest absolute Gasteiger partial charge is 0.456 e. The minimum atomic E-state index is 0.919. The van der Waals surface area contributed by atoms with Gasteiger partial charge in [0.05, 0.1) is 0 Å². The van der Waals surface area contributed by atoms with Crippen LogP contribution in [0.25, 0.3) is 65.3 Å². The Morgan fingerprint density at radius 2 is 1.09 bits per heavy atom. The minimum Gasteiger partial charge on any atom is -0.456 e. The van der Waals surface area contributed by atoms with E-state index in [9.17, 15) is 0 Å². The minimum absolute atomic E-state index is 0.919. The lowest BCUT2D eigenvalue weighted by Crippen LogP contribution is -1.98. The molecule has 1 aliphatic rings. The molecule has 0 radical (unpaired) electrons. The summed E-state index contributed by atoms with van der Waals surface area (Å²) in [6, 6.07) is 43.6. The number of fused-ring (bicyclic) bond motifs is 6. The van der Waals surface area contributed by atoms with E-state index in [0.717, 1.165) is 17.1 Å². The lowest BCUT2D eigenvalue weighted by Gasteiger charge is -2.23. The predicted molar refractivity (Wildman–Crippen MR) is 147 cm³/mol. The summed E-state index contributed by atoms with van der Waals surface area (Å²) in [4.78, 5) is 0. The summed E-state index contributed by atoms with van der Waals surface area (Å²) in [5.41, 5.74) is 4.91. The Morgan fingerprint density at radius 3 is 2.03 bits per heavy atom. The third-order valence-electron chi connectivity index (χ3n) is 7.44. The van der Waals surface area contributed by atoms with Crippen LogP contribution in [0.3, 0.4) is 0 Å². The van der Waals surface area contributed by atoms with Gasteiger partial charge in [0.2, 0.25) is 0 Å². The second-order valence-electron chi connectivity index (χ2n) is 9.29. The monoisotopic (exact) mass is 444 g/mol. The van der Waals surface area contributed by atoms with E-state index in [2.05, 4.69) is 109 Å². The van der Waals surface area contributed by atoms with Gasteiger partial charge in [0.25, 0.3) is 0 Å². The summed E-state index contributed by atoms with van der Waals surface area (Å²) < 4.78 is 6.37. The average molecular weight is 445 g/mol. The van der Waals surface area contributed by atoms with Crippen LogP contribution in [0.2, 0.25) is 0 Å². The van der Waals surface area contributed by atoms with E-state index in [1.165, 1.54) is 59.8 Å². The van der Waals surface area contributed by atoms with Crippen molar-refractivity contribution in [1.29, 1.82) is 0 Å². The van der Waals surface area contributed by atoms with Crippen molar-refractivity contribution in [2.45, 2.75) is 0 Å². The standard InChI is InChI=1S/C34H20O/c1-3-10-23-21(8-1)16-17-29-30(23)20-22-9-2-4-11-24(22)33(29)28-19-18-27-25-12-5-6-14-31(25)35-32-15-7-13-26(28)34(27)32/h1-20H. The van der Waals surface area contributed by atoms with Crippen LogP contribution < -0.4 is 4.74 Å². The van der Waals surface area contributed by atoms with Crippen molar-refractivity contribution >= 4 is 43.1 Å². The van der Waals surface area contributed by atoms with Gasteiger partial charge in [-0.2, -0.15) is 0 Å². The molecule has 1 heteroatoms. The summed E-state index contributed by atoms with van der Waals surface area (Å²) >= 11 is 0. The zero-order valence-corrected chi connectivity index (χ0v) is 19.0. The number of hydrogen-bond donors (Lipinski definition) is 0. The summed E-state index contributed by atoms with van der Waals surface area (Å²) in [6.07, 6.45) is 0. The van der Waals surface area contributed by atoms with Crippen LogP contribution in [-0.2, 0) is 0 Å². The van der Waals surface area contributed by atoms with Gasteiger partial charge in [-0.25, -0.2) is 0 Å². The van der Waals surface area contributed by atoms with Crippen molar-refractivity contribution in [3.63, 3.8) is 0 Å². The van der Waals surface area contributed by atoms with Crippen molar-refractivity contribution < 1.29 is 4.74 Å². The summed E-state index contributed by atoms with van der Waals surface area (Å²) in [7, 11) is 0. The smallest absolute Gasteiger partial charge is 0.135 e. The SMILES string of the molecule is c1ccc2c(c1)Oc1cccc3c(-c4c5ccccc5cc5c4ccc4ccccc45)ccc-2c13. The fraction of sp³-hybridized carbons (Fsp3) is 0. The molecule has 35 heavy (non-hydrogen) atoms. The maximum atomic E-state index is 6.37. The number of ether oxygens (including phenoxy) is 1. The maximum absolute atomic E-state index is 6.37. The Bertz CT molecular complexity index is 1980. The van der Waals surface area contributed by atoms with E-state index in [1.54, 1.807) is 0 Å². The van der Waals surface area contributed by atoms with E-state index < -0.39 is 0 Å². The summed E-state index contributed by atoms with van der Waals surface area (Å²) in [5.74, 6) is 1.84. The van der Waals surface area contributed by atoms with Crippen LogP contribution >= 0.6 is 0 Å². The highest BCUT2D eigenvalue weighted by Gasteiger charge is 2.22. The van der Waals surface area contributed by atoms with Crippen LogP contribution in [0.5, 0.6) is 11.5 Å². The average Bonchev–Trinajstić information content (AvgIpc) is 2.92. The Hall–Kier alpha value is -4.62. The molecule has 0 spiro atoms. The van der Waals surface area contributed by atoms with Gasteiger partial charge in [-0.15, -0.1) is 0 Å². The van der Waals surface area contributed by atoms with Gasteiger partial charge in [-0.05, 0) is 72.6 Å². The maximum Gasteiger partial charge on any atom is 0.135 e. The first-order valence-corrected chi connectivity index (χ1v) is 12.0. The molecule has 0 fully saturated rings. The molecular formula is C34H20O. The Balaban J connectivity index is 1.55. The molecule has 0 saturated carbocycles. The van der Waals surface area contributed by atoms with Crippen molar-refractivity contribution in [2.24, 2.45) is 0 Å². The fourth-order valence-electron chi connectivity index (χ4n) is 5.91. The van der Waals surface area contributed by atoms with Crippen LogP contribution in [0.1, 0.15) is 0 Å². The third kappa shape index (κ3) is 2.58. The molecule has 0 atom stereocenters. The van der Waals surface area contributed by atoms with Crippen molar-refractivity contribution in [3.05, 3.63) is 121 Å². The molecule has 0 bridgehead atoms. The molecule has 0 amide bonds. The number of para-hydroxylation sites is 1. The molecule has 162 valence electrons. The Morgan fingerprint density at radius 1 is 0.371 bits per heavy atom. The topological polar surface area (TPSA) is 9.23 Å². The van der Waals surface area contributed by atoms with Crippen LogP contribution in [0.4, 0.5) is 0 Å². The van der Waals surface area contributed by atoms with Crippen molar-refractivity contribution in [2.75, 3.05) is 0 Å². The van der Waals surface area contributed by atoms with E-state index in [1.807, 2.05) is 12.1 Å². The van der Waals surface area contributed by atoms with E-state index in [-0.39, 0.29) is 0 Å². The molecule has 7 aromatic rings. The predicted octanol–water partition coefficient (Wildman–Crippen LogP) is 9.74. The zero-order valence-electron chi connectivity index (χ0n) is 19.0. The first kappa shape index (κ1) is 18.8. The van der Waals surface area contributed by atoms with Crippen LogP contribution in [0, 0.1) is 0 Å². The second-order valence-corrected chi connectivity index (χ2v) is 9.29. The molecule has 0 saturated heterocycles. The van der Waals surface area contributed by atoms with Gasteiger partial charge >= 0.3 is 0 Å². The number of benzene rings is 7. The molecule has 8 rings (SSSR count). The van der Waals surface area contributed by atoms with Crippen LogP contribution in [-0.4, -0.2) is 0 Å².